The summed E-state index contributed by atoms with van der Waals surface area (Å²) in [5, 5.41) is 2.67. The van der Waals surface area contributed by atoms with Crippen molar-refractivity contribution < 1.29 is 14.0 Å². The van der Waals surface area contributed by atoms with Crippen LogP contribution in [0, 0.1) is 5.82 Å². The van der Waals surface area contributed by atoms with E-state index in [9.17, 15) is 14.0 Å². The molecule has 3 N–H and O–H groups in total. The molecule has 0 saturated carbocycles. The van der Waals surface area contributed by atoms with E-state index in [1.165, 1.54) is 11.0 Å². The van der Waals surface area contributed by atoms with Crippen molar-refractivity contribution in [3.8, 4) is 0 Å². The minimum atomic E-state index is -0.558. The number of amides is 2. The molecule has 5 nitrogen and oxygen atoms in total. The summed E-state index contributed by atoms with van der Waals surface area (Å²) in [4.78, 5) is 24.9. The number of hydrogen-bond acceptors (Lipinski definition) is 3. The Bertz CT molecular complexity index is 470. The second-order valence-electron chi connectivity index (χ2n) is 4.20. The fourth-order valence-electron chi connectivity index (χ4n) is 1.90. The van der Waals surface area contributed by atoms with Crippen molar-refractivity contribution in [2.24, 2.45) is 0 Å². The first-order valence-electron chi connectivity index (χ1n) is 5.68. The molecule has 1 fully saturated rings. The van der Waals surface area contributed by atoms with Crippen LogP contribution in [0.2, 0.25) is 0 Å². The molecule has 1 aromatic rings. The van der Waals surface area contributed by atoms with Gasteiger partial charge in [-0.3, -0.25) is 9.59 Å². The van der Waals surface area contributed by atoms with E-state index in [1.54, 1.807) is 0 Å². The van der Waals surface area contributed by atoms with Crippen LogP contribution in [0.15, 0.2) is 18.2 Å². The minimum absolute atomic E-state index is 0.00471. The van der Waals surface area contributed by atoms with E-state index in [0.29, 0.717) is 19.5 Å². The van der Waals surface area contributed by atoms with Crippen LogP contribution >= 0.6 is 0 Å². The van der Waals surface area contributed by atoms with Gasteiger partial charge in [0.15, 0.2) is 0 Å². The largest absolute Gasteiger partial charge is 0.399 e. The summed E-state index contributed by atoms with van der Waals surface area (Å²) in [5.41, 5.74) is 5.86. The Morgan fingerprint density at radius 1 is 1.39 bits per heavy atom. The predicted octanol–water partition coefficient (Wildman–Crippen LogP) is 0.370. The number of nitrogens with two attached hydrogens (primary N) is 1. The lowest BCUT2D eigenvalue weighted by molar-refractivity contribution is -0.121. The lowest BCUT2D eigenvalue weighted by Crippen LogP contribution is -2.37. The van der Waals surface area contributed by atoms with Crippen molar-refractivity contribution >= 4 is 17.5 Å². The van der Waals surface area contributed by atoms with Crippen molar-refractivity contribution in [3.63, 3.8) is 0 Å². The number of benzene rings is 1. The average molecular weight is 251 g/mol. The fraction of sp³-hybridized carbons (Fsp3) is 0.333. The third-order valence-corrected chi connectivity index (χ3v) is 2.72. The molecule has 0 aromatic heterocycles. The van der Waals surface area contributed by atoms with Gasteiger partial charge >= 0.3 is 0 Å². The van der Waals surface area contributed by atoms with Gasteiger partial charge in [-0.1, -0.05) is 0 Å². The fourth-order valence-corrected chi connectivity index (χ4v) is 1.90. The Balaban J connectivity index is 2.21. The molecule has 0 unspecified atom stereocenters. The number of hydrogen-bond donors (Lipinski definition) is 2. The van der Waals surface area contributed by atoms with Gasteiger partial charge in [-0.2, -0.15) is 0 Å². The summed E-state index contributed by atoms with van der Waals surface area (Å²) in [6, 6.07) is 3.68. The highest BCUT2D eigenvalue weighted by Gasteiger charge is 2.21. The van der Waals surface area contributed by atoms with E-state index in [2.05, 4.69) is 5.32 Å². The molecular formula is C12H14FN3O2. The summed E-state index contributed by atoms with van der Waals surface area (Å²) >= 11 is 0. The molecular weight excluding hydrogens is 237 g/mol. The Labute approximate surface area is 104 Å². The molecule has 1 heterocycles. The molecule has 0 radical (unpaired) electrons. The summed E-state index contributed by atoms with van der Waals surface area (Å²) in [6.07, 6.45) is 0.683. The first-order valence-corrected chi connectivity index (χ1v) is 5.68. The summed E-state index contributed by atoms with van der Waals surface area (Å²) in [5.74, 6) is -1.14. The highest BCUT2D eigenvalue weighted by molar-refractivity contribution is 5.97. The SMILES string of the molecule is Nc1cc(F)cc(C(=O)N2CCCNC(=O)C2)c1. The van der Waals surface area contributed by atoms with Gasteiger partial charge in [0, 0.05) is 24.3 Å². The number of carbonyl (C=O) groups is 2. The number of halogens is 1. The maximum Gasteiger partial charge on any atom is 0.254 e. The van der Waals surface area contributed by atoms with E-state index >= 15 is 0 Å². The summed E-state index contributed by atoms with van der Waals surface area (Å²) in [7, 11) is 0. The van der Waals surface area contributed by atoms with Crippen LogP contribution in [0.1, 0.15) is 16.8 Å². The zero-order valence-electron chi connectivity index (χ0n) is 9.78. The molecule has 1 aliphatic rings. The Morgan fingerprint density at radius 3 is 2.89 bits per heavy atom. The second kappa shape index (κ2) is 5.03. The number of carbonyl (C=O) groups excluding carboxylic acids is 2. The van der Waals surface area contributed by atoms with E-state index in [0.717, 1.165) is 12.1 Å². The normalized spacial score (nSPS) is 16.1. The number of rotatable bonds is 1. The van der Waals surface area contributed by atoms with Gasteiger partial charge in [-0.15, -0.1) is 0 Å². The third-order valence-electron chi connectivity index (χ3n) is 2.72. The molecule has 96 valence electrons. The molecule has 2 amide bonds. The number of anilines is 1. The molecule has 1 aromatic carbocycles. The van der Waals surface area contributed by atoms with Gasteiger partial charge in [0.25, 0.3) is 5.91 Å². The summed E-state index contributed by atoms with van der Waals surface area (Å²) < 4.78 is 13.2. The highest BCUT2D eigenvalue weighted by Crippen LogP contribution is 2.13. The number of nitrogens with zero attached hydrogens (tertiary/aromatic N) is 1. The lowest BCUT2D eigenvalue weighted by atomic mass is 10.1. The molecule has 0 atom stereocenters. The number of nitrogens with one attached hydrogen (secondary N) is 1. The molecule has 18 heavy (non-hydrogen) atoms. The van der Waals surface area contributed by atoms with Crippen molar-refractivity contribution in [3.05, 3.63) is 29.6 Å². The van der Waals surface area contributed by atoms with Crippen LogP contribution in [0.5, 0.6) is 0 Å². The van der Waals surface area contributed by atoms with Crippen LogP contribution in [0.3, 0.4) is 0 Å². The van der Waals surface area contributed by atoms with E-state index < -0.39 is 5.82 Å². The standard InChI is InChI=1S/C12H14FN3O2/c13-9-4-8(5-10(14)6-9)12(18)16-3-1-2-15-11(17)7-16/h4-6H,1-3,7,14H2,(H,15,17). The summed E-state index contributed by atoms with van der Waals surface area (Å²) in [6.45, 7) is 1.01. The highest BCUT2D eigenvalue weighted by atomic mass is 19.1. The number of nitrogen functional groups attached to an aromatic ring is 1. The molecule has 0 spiro atoms. The minimum Gasteiger partial charge on any atom is -0.399 e. The van der Waals surface area contributed by atoms with E-state index in [4.69, 9.17) is 5.73 Å². The lowest BCUT2D eigenvalue weighted by Gasteiger charge is -2.19. The Morgan fingerprint density at radius 2 is 2.17 bits per heavy atom. The second-order valence-corrected chi connectivity index (χ2v) is 4.20. The monoisotopic (exact) mass is 251 g/mol. The van der Waals surface area contributed by atoms with E-state index in [1.807, 2.05) is 0 Å². The zero-order chi connectivity index (χ0) is 13.1. The molecule has 1 aliphatic heterocycles. The van der Waals surface area contributed by atoms with Crippen molar-refractivity contribution in [1.82, 2.24) is 10.2 Å². The van der Waals surface area contributed by atoms with Crippen molar-refractivity contribution in [2.45, 2.75) is 6.42 Å². The molecule has 0 bridgehead atoms. The third kappa shape index (κ3) is 2.77. The van der Waals surface area contributed by atoms with Crippen LogP contribution in [0.4, 0.5) is 10.1 Å². The topological polar surface area (TPSA) is 75.4 Å². The molecule has 0 aliphatic carbocycles. The Hall–Kier alpha value is -2.11. The molecule has 6 heteroatoms. The zero-order valence-corrected chi connectivity index (χ0v) is 9.78. The first kappa shape index (κ1) is 12.3. The van der Waals surface area contributed by atoms with Crippen LogP contribution in [-0.4, -0.2) is 36.3 Å². The van der Waals surface area contributed by atoms with E-state index in [-0.39, 0.29) is 29.6 Å². The maximum atomic E-state index is 13.2. The predicted molar refractivity (Wildman–Crippen MR) is 64.3 cm³/mol. The van der Waals surface area contributed by atoms with Gasteiger partial charge in [0.1, 0.15) is 5.82 Å². The van der Waals surface area contributed by atoms with Gasteiger partial charge in [-0.05, 0) is 24.6 Å². The van der Waals surface area contributed by atoms with Crippen LogP contribution in [-0.2, 0) is 4.79 Å². The first-order chi connectivity index (χ1) is 8.56. The van der Waals surface area contributed by atoms with Gasteiger partial charge in [0.05, 0.1) is 6.54 Å². The Kier molecular flexibility index (Phi) is 3.45. The quantitative estimate of drug-likeness (QED) is 0.708. The van der Waals surface area contributed by atoms with Gasteiger partial charge in [-0.25, -0.2) is 4.39 Å². The smallest absolute Gasteiger partial charge is 0.254 e. The van der Waals surface area contributed by atoms with Crippen LogP contribution < -0.4 is 11.1 Å². The van der Waals surface area contributed by atoms with Crippen molar-refractivity contribution in [1.29, 1.82) is 0 Å². The van der Waals surface area contributed by atoms with Gasteiger partial charge in [0.2, 0.25) is 5.91 Å². The van der Waals surface area contributed by atoms with Crippen LogP contribution in [0.25, 0.3) is 0 Å². The molecule has 1 saturated heterocycles. The average Bonchev–Trinajstić information content (AvgIpc) is 2.51. The van der Waals surface area contributed by atoms with Gasteiger partial charge < -0.3 is 16.0 Å². The molecule has 2 rings (SSSR count). The maximum absolute atomic E-state index is 13.2. The van der Waals surface area contributed by atoms with Crippen molar-refractivity contribution in [2.75, 3.05) is 25.4 Å².